The molecular formula is C14H14ClN3O2S. The second-order valence-electron chi connectivity index (χ2n) is 4.33. The molecule has 0 atom stereocenters. The van der Waals surface area contributed by atoms with Gasteiger partial charge in [0.15, 0.2) is 5.13 Å². The van der Waals surface area contributed by atoms with Crippen molar-refractivity contribution in [3.63, 3.8) is 0 Å². The van der Waals surface area contributed by atoms with Gasteiger partial charge >= 0.3 is 0 Å². The maximum Gasteiger partial charge on any atom is 0.227 e. The highest BCUT2D eigenvalue weighted by atomic mass is 35.5. The fourth-order valence-corrected chi connectivity index (χ4v) is 2.48. The monoisotopic (exact) mass is 323 g/mol. The summed E-state index contributed by atoms with van der Waals surface area (Å²) in [7, 11) is 0. The molecule has 0 unspecified atom stereocenters. The number of anilines is 1. The Morgan fingerprint density at radius 2 is 2.00 bits per heavy atom. The van der Waals surface area contributed by atoms with E-state index in [0.717, 1.165) is 11.3 Å². The first-order chi connectivity index (χ1) is 10.0. The lowest BCUT2D eigenvalue weighted by atomic mass is 10.2. The summed E-state index contributed by atoms with van der Waals surface area (Å²) in [6, 6.07) is 7.34. The SMILES string of the molecule is CC(=O)NCCC(=O)Nc1nc(-c2ccc(Cl)cc2)cs1. The Labute approximate surface area is 131 Å². The van der Waals surface area contributed by atoms with Crippen molar-refractivity contribution in [2.24, 2.45) is 0 Å². The summed E-state index contributed by atoms with van der Waals surface area (Å²) in [6.45, 7) is 1.73. The van der Waals surface area contributed by atoms with Crippen molar-refractivity contribution in [3.05, 3.63) is 34.7 Å². The van der Waals surface area contributed by atoms with Crippen molar-refractivity contribution < 1.29 is 9.59 Å². The minimum Gasteiger partial charge on any atom is -0.356 e. The van der Waals surface area contributed by atoms with Crippen LogP contribution >= 0.6 is 22.9 Å². The number of nitrogens with zero attached hydrogens (tertiary/aromatic N) is 1. The Kier molecular flexibility index (Phi) is 5.30. The van der Waals surface area contributed by atoms with Gasteiger partial charge in [-0.2, -0.15) is 0 Å². The lowest BCUT2D eigenvalue weighted by Crippen LogP contribution is -2.25. The predicted molar refractivity (Wildman–Crippen MR) is 84.5 cm³/mol. The standard InChI is InChI=1S/C14H14ClN3O2S/c1-9(19)16-7-6-13(20)18-14-17-12(8-21-14)10-2-4-11(15)5-3-10/h2-5,8H,6-7H2,1H3,(H,16,19)(H,17,18,20). The van der Waals surface area contributed by atoms with Gasteiger partial charge in [0, 0.05) is 35.9 Å². The Morgan fingerprint density at radius 3 is 2.67 bits per heavy atom. The fraction of sp³-hybridized carbons (Fsp3) is 0.214. The summed E-state index contributed by atoms with van der Waals surface area (Å²) in [5.74, 6) is -0.331. The van der Waals surface area contributed by atoms with Crippen LogP contribution in [-0.2, 0) is 9.59 Å². The number of thiazole rings is 1. The zero-order valence-corrected chi connectivity index (χ0v) is 12.9. The molecule has 1 aromatic carbocycles. The lowest BCUT2D eigenvalue weighted by Gasteiger charge is -2.02. The van der Waals surface area contributed by atoms with Gasteiger partial charge in [-0.1, -0.05) is 23.7 Å². The van der Waals surface area contributed by atoms with E-state index in [0.29, 0.717) is 16.7 Å². The van der Waals surface area contributed by atoms with Crippen molar-refractivity contribution in [3.8, 4) is 11.3 Å². The van der Waals surface area contributed by atoms with Crippen molar-refractivity contribution in [1.82, 2.24) is 10.3 Å². The van der Waals surface area contributed by atoms with Crippen molar-refractivity contribution in [1.29, 1.82) is 0 Å². The van der Waals surface area contributed by atoms with Crippen molar-refractivity contribution in [2.75, 3.05) is 11.9 Å². The number of aromatic nitrogens is 1. The first kappa shape index (κ1) is 15.5. The van der Waals surface area contributed by atoms with Crippen molar-refractivity contribution >= 4 is 39.9 Å². The molecule has 0 saturated heterocycles. The third kappa shape index (κ3) is 4.84. The first-order valence-electron chi connectivity index (χ1n) is 6.30. The molecule has 0 aliphatic heterocycles. The van der Waals surface area contributed by atoms with Crippen LogP contribution < -0.4 is 10.6 Å². The van der Waals surface area contributed by atoms with Crippen LogP contribution in [0.4, 0.5) is 5.13 Å². The Bertz CT molecular complexity index is 640. The second kappa shape index (κ2) is 7.19. The van der Waals surface area contributed by atoms with E-state index in [1.807, 2.05) is 17.5 Å². The van der Waals surface area contributed by atoms with Gasteiger partial charge in [-0.15, -0.1) is 11.3 Å². The molecule has 2 aromatic rings. The van der Waals surface area contributed by atoms with Gasteiger partial charge in [-0.3, -0.25) is 9.59 Å². The largest absolute Gasteiger partial charge is 0.356 e. The molecule has 0 spiro atoms. The smallest absolute Gasteiger partial charge is 0.227 e. The Hall–Kier alpha value is -1.92. The fourth-order valence-electron chi connectivity index (χ4n) is 1.62. The van der Waals surface area contributed by atoms with E-state index in [9.17, 15) is 9.59 Å². The first-order valence-corrected chi connectivity index (χ1v) is 7.56. The summed E-state index contributed by atoms with van der Waals surface area (Å²) in [6.07, 6.45) is 0.218. The van der Waals surface area contributed by atoms with Crippen LogP contribution in [0, 0.1) is 0 Å². The average molecular weight is 324 g/mol. The number of hydrogen-bond donors (Lipinski definition) is 2. The molecular weight excluding hydrogens is 310 g/mol. The van der Waals surface area contributed by atoms with Gasteiger partial charge in [0.2, 0.25) is 11.8 Å². The maximum absolute atomic E-state index is 11.7. The van der Waals surface area contributed by atoms with Gasteiger partial charge in [-0.25, -0.2) is 4.98 Å². The quantitative estimate of drug-likeness (QED) is 0.888. The van der Waals surface area contributed by atoms with Crippen LogP contribution in [0.3, 0.4) is 0 Å². The van der Waals surface area contributed by atoms with Gasteiger partial charge in [0.05, 0.1) is 5.69 Å². The molecule has 5 nitrogen and oxygen atoms in total. The van der Waals surface area contributed by atoms with E-state index >= 15 is 0 Å². The second-order valence-corrected chi connectivity index (χ2v) is 5.62. The number of carbonyl (C=O) groups is 2. The predicted octanol–water partition coefficient (Wildman–Crippen LogP) is 2.93. The van der Waals surface area contributed by atoms with Crippen molar-refractivity contribution in [2.45, 2.75) is 13.3 Å². The molecule has 2 amide bonds. The van der Waals surface area contributed by atoms with E-state index < -0.39 is 0 Å². The van der Waals surface area contributed by atoms with Gasteiger partial charge < -0.3 is 10.6 Å². The summed E-state index contributed by atoms with van der Waals surface area (Å²) in [5.41, 5.74) is 1.73. The van der Waals surface area contributed by atoms with E-state index in [1.54, 1.807) is 12.1 Å². The zero-order valence-electron chi connectivity index (χ0n) is 11.4. The van der Waals surface area contributed by atoms with Crippen LogP contribution in [0.5, 0.6) is 0 Å². The highest BCUT2D eigenvalue weighted by Crippen LogP contribution is 2.25. The number of rotatable bonds is 5. The highest BCUT2D eigenvalue weighted by Gasteiger charge is 2.08. The maximum atomic E-state index is 11.7. The topological polar surface area (TPSA) is 71.1 Å². The molecule has 2 N–H and O–H groups in total. The number of nitrogens with one attached hydrogen (secondary N) is 2. The molecule has 0 saturated carbocycles. The Morgan fingerprint density at radius 1 is 1.29 bits per heavy atom. The summed E-state index contributed by atoms with van der Waals surface area (Å²) < 4.78 is 0. The minimum absolute atomic E-state index is 0.151. The number of amides is 2. The Balaban J connectivity index is 1.92. The normalized spacial score (nSPS) is 10.2. The number of hydrogen-bond acceptors (Lipinski definition) is 4. The van der Waals surface area contributed by atoms with E-state index in [2.05, 4.69) is 15.6 Å². The molecule has 7 heteroatoms. The zero-order chi connectivity index (χ0) is 15.2. The number of carbonyl (C=O) groups excluding carboxylic acids is 2. The van der Waals surface area contributed by atoms with Gasteiger partial charge in [0.25, 0.3) is 0 Å². The average Bonchev–Trinajstić information content (AvgIpc) is 2.87. The lowest BCUT2D eigenvalue weighted by molar-refractivity contribution is -0.119. The molecule has 110 valence electrons. The van der Waals surface area contributed by atoms with E-state index in [1.165, 1.54) is 18.3 Å². The number of benzene rings is 1. The van der Waals surface area contributed by atoms with E-state index in [4.69, 9.17) is 11.6 Å². The van der Waals surface area contributed by atoms with E-state index in [-0.39, 0.29) is 18.2 Å². The summed E-state index contributed by atoms with van der Waals surface area (Å²) >= 11 is 7.19. The molecule has 0 bridgehead atoms. The summed E-state index contributed by atoms with van der Waals surface area (Å²) in [4.78, 5) is 26.7. The van der Waals surface area contributed by atoms with Gasteiger partial charge in [0.1, 0.15) is 0 Å². The molecule has 0 aliphatic carbocycles. The van der Waals surface area contributed by atoms with Crippen LogP contribution in [0.2, 0.25) is 5.02 Å². The molecule has 21 heavy (non-hydrogen) atoms. The molecule has 0 aliphatic rings. The van der Waals surface area contributed by atoms with Crippen LogP contribution in [0.25, 0.3) is 11.3 Å². The molecule has 1 heterocycles. The molecule has 1 aromatic heterocycles. The van der Waals surface area contributed by atoms with Crippen LogP contribution in [0.15, 0.2) is 29.6 Å². The summed E-state index contributed by atoms with van der Waals surface area (Å²) in [5, 5.41) is 8.35. The minimum atomic E-state index is -0.180. The third-order valence-electron chi connectivity index (χ3n) is 2.62. The van der Waals surface area contributed by atoms with Crippen LogP contribution in [0.1, 0.15) is 13.3 Å². The molecule has 0 fully saturated rings. The molecule has 0 radical (unpaired) electrons. The highest BCUT2D eigenvalue weighted by molar-refractivity contribution is 7.14. The third-order valence-corrected chi connectivity index (χ3v) is 3.63. The van der Waals surface area contributed by atoms with Crippen LogP contribution in [-0.4, -0.2) is 23.3 Å². The molecule has 2 rings (SSSR count). The van der Waals surface area contributed by atoms with Gasteiger partial charge in [-0.05, 0) is 12.1 Å². The number of halogens is 1.